The third kappa shape index (κ3) is 6.37. The molecule has 142 valence electrons. The number of hydrogen-bond donors (Lipinski definition) is 2. The smallest absolute Gasteiger partial charge is 0.192 e. The molecule has 0 aliphatic rings. The van der Waals surface area contributed by atoms with Gasteiger partial charge < -0.3 is 15.2 Å². The number of hydrogen-bond acceptors (Lipinski definition) is 4. The number of guanidine groups is 1. The van der Waals surface area contributed by atoms with Crippen molar-refractivity contribution in [1.82, 2.24) is 25.4 Å². The van der Waals surface area contributed by atoms with Gasteiger partial charge in [-0.05, 0) is 44.3 Å². The van der Waals surface area contributed by atoms with E-state index in [0.29, 0.717) is 6.54 Å². The third-order valence-corrected chi connectivity index (χ3v) is 4.98. The molecular weight excluding hydrogens is 344 g/mol. The van der Waals surface area contributed by atoms with Gasteiger partial charge in [-0.1, -0.05) is 30.3 Å². The first-order valence-electron chi connectivity index (χ1n) is 9.05. The minimum atomic E-state index is 0.176. The average Bonchev–Trinajstić information content (AvgIpc) is 2.98. The van der Waals surface area contributed by atoms with Crippen LogP contribution in [0.25, 0.3) is 0 Å². The maximum atomic E-state index is 4.72. The molecule has 26 heavy (non-hydrogen) atoms. The van der Waals surface area contributed by atoms with Crippen molar-refractivity contribution in [1.29, 1.82) is 0 Å². The molecule has 0 spiro atoms. The molecular formula is C19H30N6S. The normalized spacial score (nSPS) is 12.8. The van der Waals surface area contributed by atoms with E-state index >= 15 is 0 Å². The summed E-state index contributed by atoms with van der Waals surface area (Å²) >= 11 is 1.89. The lowest BCUT2D eigenvalue weighted by atomic mass is 10.1. The minimum Gasteiger partial charge on any atom is -0.356 e. The molecule has 1 heterocycles. The Morgan fingerprint density at radius 2 is 2.00 bits per heavy atom. The van der Waals surface area contributed by atoms with Crippen LogP contribution in [0.4, 0.5) is 0 Å². The summed E-state index contributed by atoms with van der Waals surface area (Å²) in [6, 6.07) is 10.6. The lowest BCUT2D eigenvalue weighted by Crippen LogP contribution is -2.39. The summed E-state index contributed by atoms with van der Waals surface area (Å²) in [5, 5.41) is 15.2. The van der Waals surface area contributed by atoms with E-state index in [9.17, 15) is 0 Å². The molecule has 1 aromatic heterocycles. The average molecular weight is 375 g/mol. The minimum absolute atomic E-state index is 0.176. The van der Waals surface area contributed by atoms with Crippen molar-refractivity contribution >= 4 is 17.7 Å². The number of nitrogens with zero attached hydrogens (tertiary/aromatic N) is 4. The zero-order valence-electron chi connectivity index (χ0n) is 16.2. The lowest BCUT2D eigenvalue weighted by molar-refractivity contribution is 0.664. The topological polar surface area (TPSA) is 67.1 Å². The largest absolute Gasteiger partial charge is 0.356 e. The first-order chi connectivity index (χ1) is 12.6. The standard InChI is InChI=1S/C19H30N6S/c1-15(17-10-6-5-7-11-17)22-19(20-12-8-9-13-26-4)21-14-18-24-23-16(2)25(18)3/h5-7,10-11,15H,8-9,12-14H2,1-4H3,(H2,20,21,22). The molecule has 1 aromatic carbocycles. The molecule has 1 unspecified atom stereocenters. The SMILES string of the molecule is CSCCCCNC(=NCc1nnc(C)n1C)NC(C)c1ccccc1. The van der Waals surface area contributed by atoms with Crippen molar-refractivity contribution in [3.05, 3.63) is 47.5 Å². The van der Waals surface area contributed by atoms with E-state index in [4.69, 9.17) is 4.99 Å². The molecule has 6 nitrogen and oxygen atoms in total. The van der Waals surface area contributed by atoms with E-state index in [0.717, 1.165) is 30.6 Å². The van der Waals surface area contributed by atoms with Crippen molar-refractivity contribution in [2.75, 3.05) is 18.6 Å². The number of benzene rings is 1. The van der Waals surface area contributed by atoms with Crippen LogP contribution >= 0.6 is 11.8 Å². The Kier molecular flexibility index (Phi) is 8.47. The summed E-state index contributed by atoms with van der Waals surface area (Å²) in [6.45, 7) is 5.50. The van der Waals surface area contributed by atoms with E-state index in [1.807, 2.05) is 36.4 Å². The van der Waals surface area contributed by atoms with Crippen molar-refractivity contribution in [3.63, 3.8) is 0 Å². The lowest BCUT2D eigenvalue weighted by Gasteiger charge is -2.18. The highest BCUT2D eigenvalue weighted by molar-refractivity contribution is 7.98. The highest BCUT2D eigenvalue weighted by Gasteiger charge is 2.09. The van der Waals surface area contributed by atoms with Crippen LogP contribution in [0.1, 0.15) is 43.0 Å². The summed E-state index contributed by atoms with van der Waals surface area (Å²) < 4.78 is 1.97. The Morgan fingerprint density at radius 3 is 2.65 bits per heavy atom. The summed E-state index contributed by atoms with van der Waals surface area (Å²) in [5.41, 5.74) is 1.24. The number of rotatable bonds is 9. The highest BCUT2D eigenvalue weighted by atomic mass is 32.2. The third-order valence-electron chi connectivity index (χ3n) is 4.28. The number of aliphatic imine (C=N–C) groups is 1. The monoisotopic (exact) mass is 374 g/mol. The molecule has 0 radical (unpaired) electrons. The van der Waals surface area contributed by atoms with Crippen LogP contribution in [-0.4, -0.2) is 39.3 Å². The number of thioether (sulfide) groups is 1. The second kappa shape index (κ2) is 10.9. The number of nitrogens with one attached hydrogen (secondary N) is 2. The molecule has 0 fully saturated rings. The molecule has 7 heteroatoms. The van der Waals surface area contributed by atoms with Gasteiger partial charge >= 0.3 is 0 Å². The zero-order chi connectivity index (χ0) is 18.8. The summed E-state index contributed by atoms with van der Waals surface area (Å²) in [4.78, 5) is 4.72. The van der Waals surface area contributed by atoms with Gasteiger partial charge in [0.25, 0.3) is 0 Å². The van der Waals surface area contributed by atoms with Crippen LogP contribution in [0.5, 0.6) is 0 Å². The van der Waals surface area contributed by atoms with Gasteiger partial charge in [-0.25, -0.2) is 4.99 Å². The fourth-order valence-electron chi connectivity index (χ4n) is 2.50. The molecule has 2 N–H and O–H groups in total. The predicted octanol–water partition coefficient (Wildman–Crippen LogP) is 3.06. The maximum absolute atomic E-state index is 4.72. The number of aryl methyl sites for hydroxylation is 1. The van der Waals surface area contributed by atoms with Gasteiger partial charge in [0.05, 0.1) is 6.04 Å². The first-order valence-corrected chi connectivity index (χ1v) is 10.4. The molecule has 2 rings (SSSR count). The van der Waals surface area contributed by atoms with Crippen LogP contribution in [0.3, 0.4) is 0 Å². The van der Waals surface area contributed by atoms with Gasteiger partial charge in [-0.3, -0.25) is 0 Å². The number of unbranched alkanes of at least 4 members (excludes halogenated alkanes) is 1. The molecule has 0 amide bonds. The van der Waals surface area contributed by atoms with Gasteiger partial charge in [-0.2, -0.15) is 11.8 Å². The van der Waals surface area contributed by atoms with E-state index in [2.05, 4.69) is 58.3 Å². The summed E-state index contributed by atoms with van der Waals surface area (Å²) in [6.07, 6.45) is 4.48. The second-order valence-corrected chi connectivity index (χ2v) is 7.28. The van der Waals surface area contributed by atoms with E-state index < -0.39 is 0 Å². The van der Waals surface area contributed by atoms with Crippen molar-refractivity contribution in [2.24, 2.45) is 12.0 Å². The molecule has 0 aliphatic carbocycles. The molecule has 1 atom stereocenters. The Bertz CT molecular complexity index is 683. The van der Waals surface area contributed by atoms with Crippen molar-refractivity contribution < 1.29 is 0 Å². The van der Waals surface area contributed by atoms with Crippen molar-refractivity contribution in [3.8, 4) is 0 Å². The van der Waals surface area contributed by atoms with Gasteiger partial charge in [-0.15, -0.1) is 10.2 Å². The maximum Gasteiger partial charge on any atom is 0.192 e. The predicted molar refractivity (Wildman–Crippen MR) is 110 cm³/mol. The fraction of sp³-hybridized carbons (Fsp3) is 0.526. The highest BCUT2D eigenvalue weighted by Crippen LogP contribution is 2.11. The van der Waals surface area contributed by atoms with Gasteiger partial charge in [0.1, 0.15) is 12.4 Å². The first kappa shape index (κ1) is 20.3. The molecule has 0 bridgehead atoms. The Balaban J connectivity index is 2.00. The fourth-order valence-corrected chi connectivity index (χ4v) is 2.99. The van der Waals surface area contributed by atoms with Crippen LogP contribution in [-0.2, 0) is 13.6 Å². The number of aromatic nitrogens is 3. The zero-order valence-corrected chi connectivity index (χ0v) is 17.0. The Morgan fingerprint density at radius 1 is 1.23 bits per heavy atom. The van der Waals surface area contributed by atoms with E-state index in [1.54, 1.807) is 0 Å². The Labute approximate surface area is 160 Å². The van der Waals surface area contributed by atoms with Gasteiger partial charge in [0, 0.05) is 13.6 Å². The molecule has 0 saturated heterocycles. The van der Waals surface area contributed by atoms with Crippen LogP contribution in [0.2, 0.25) is 0 Å². The quantitative estimate of drug-likeness (QED) is 0.401. The second-order valence-electron chi connectivity index (χ2n) is 6.29. The van der Waals surface area contributed by atoms with Gasteiger partial charge in [0.15, 0.2) is 11.8 Å². The van der Waals surface area contributed by atoms with E-state index in [-0.39, 0.29) is 6.04 Å². The molecule has 0 saturated carbocycles. The van der Waals surface area contributed by atoms with E-state index in [1.165, 1.54) is 17.7 Å². The summed E-state index contributed by atoms with van der Waals surface area (Å²) in [5.74, 6) is 3.76. The van der Waals surface area contributed by atoms with Crippen LogP contribution < -0.4 is 10.6 Å². The van der Waals surface area contributed by atoms with Gasteiger partial charge in [0.2, 0.25) is 0 Å². The van der Waals surface area contributed by atoms with Crippen LogP contribution in [0, 0.1) is 6.92 Å². The molecule has 2 aromatic rings. The van der Waals surface area contributed by atoms with Crippen molar-refractivity contribution in [2.45, 2.75) is 39.3 Å². The Hall–Kier alpha value is -2.02. The molecule has 0 aliphatic heterocycles. The summed E-state index contributed by atoms with van der Waals surface area (Å²) in [7, 11) is 1.97. The van der Waals surface area contributed by atoms with Crippen LogP contribution in [0.15, 0.2) is 35.3 Å².